The van der Waals surface area contributed by atoms with E-state index in [2.05, 4.69) is 17.1 Å². The minimum absolute atomic E-state index is 0.410. The molecule has 2 aromatic carbocycles. The molecule has 0 aliphatic carbocycles. The predicted octanol–water partition coefficient (Wildman–Crippen LogP) is 3.15. The molecular formula is C12H10O2S. The number of aryl methyl sites for hydroxylation is 1. The van der Waals surface area contributed by atoms with Crippen molar-refractivity contribution in [1.82, 2.24) is 0 Å². The molecule has 0 saturated heterocycles. The normalized spacial score (nSPS) is 10.3. The fraction of sp³-hybridized carbons (Fsp3) is 0.0833. The smallest absolute Gasteiger partial charge is 0.350 e. The Morgan fingerprint density at radius 3 is 2.67 bits per heavy atom. The summed E-state index contributed by atoms with van der Waals surface area (Å²) in [5.41, 5.74) is 1.48. The zero-order valence-corrected chi connectivity index (χ0v) is 9.12. The molecule has 0 unspecified atom stereocenters. The van der Waals surface area contributed by atoms with Gasteiger partial charge in [0.25, 0.3) is 0 Å². The van der Waals surface area contributed by atoms with Crippen molar-refractivity contribution < 1.29 is 8.98 Å². The summed E-state index contributed by atoms with van der Waals surface area (Å²) in [6.45, 7) is 1.88. The van der Waals surface area contributed by atoms with Gasteiger partial charge in [0.15, 0.2) is 0 Å². The second kappa shape index (κ2) is 3.95. The van der Waals surface area contributed by atoms with Crippen LogP contribution in [0.4, 0.5) is 0 Å². The maximum absolute atomic E-state index is 11.5. The molecule has 0 aromatic heterocycles. The van der Waals surface area contributed by atoms with Crippen LogP contribution < -0.4 is 0 Å². The van der Waals surface area contributed by atoms with Crippen LogP contribution in [0.5, 0.6) is 0 Å². The standard InChI is InChI=1S/C12H10O2S/c1-8-6-7-9-4-2-3-5-10(9)11(8)12(13)14-15/h2-7,15H,1H3. The van der Waals surface area contributed by atoms with E-state index < -0.39 is 5.97 Å². The van der Waals surface area contributed by atoms with Crippen molar-refractivity contribution in [2.75, 3.05) is 0 Å². The third kappa shape index (κ3) is 1.70. The number of hydrogen-bond donors (Lipinski definition) is 1. The Morgan fingerprint density at radius 2 is 1.93 bits per heavy atom. The van der Waals surface area contributed by atoms with Crippen LogP contribution in [0.1, 0.15) is 15.9 Å². The zero-order valence-electron chi connectivity index (χ0n) is 8.23. The number of carbonyl (C=O) groups excluding carboxylic acids is 1. The van der Waals surface area contributed by atoms with Crippen molar-refractivity contribution in [2.24, 2.45) is 0 Å². The molecule has 0 spiro atoms. The van der Waals surface area contributed by atoms with E-state index >= 15 is 0 Å². The third-order valence-corrected chi connectivity index (χ3v) is 2.59. The number of benzene rings is 2. The maximum atomic E-state index is 11.5. The summed E-state index contributed by atoms with van der Waals surface area (Å²) in [5, 5.41) is 1.92. The van der Waals surface area contributed by atoms with Gasteiger partial charge in [0.1, 0.15) is 0 Å². The first-order chi connectivity index (χ1) is 7.24. The van der Waals surface area contributed by atoms with Gasteiger partial charge in [-0.1, -0.05) is 36.4 Å². The number of carbonyl (C=O) groups is 1. The highest BCUT2D eigenvalue weighted by Crippen LogP contribution is 2.23. The largest absolute Gasteiger partial charge is 0.391 e. The predicted molar refractivity (Wildman–Crippen MR) is 63.1 cm³/mol. The van der Waals surface area contributed by atoms with Crippen molar-refractivity contribution in [3.05, 3.63) is 47.5 Å². The quantitative estimate of drug-likeness (QED) is 0.588. The topological polar surface area (TPSA) is 26.3 Å². The van der Waals surface area contributed by atoms with Crippen LogP contribution in [0.3, 0.4) is 0 Å². The Morgan fingerprint density at radius 1 is 1.20 bits per heavy atom. The number of hydrogen-bond acceptors (Lipinski definition) is 3. The van der Waals surface area contributed by atoms with E-state index in [1.54, 1.807) is 0 Å². The molecule has 0 aliphatic heterocycles. The summed E-state index contributed by atoms with van der Waals surface area (Å²) in [6.07, 6.45) is 0. The van der Waals surface area contributed by atoms with Crippen LogP contribution in [-0.4, -0.2) is 5.97 Å². The Bertz CT molecular complexity index is 520. The fourth-order valence-corrected chi connectivity index (χ4v) is 1.79. The molecule has 0 aliphatic rings. The molecule has 0 atom stereocenters. The van der Waals surface area contributed by atoms with Crippen molar-refractivity contribution in [3.63, 3.8) is 0 Å². The molecule has 2 rings (SSSR count). The second-order valence-electron chi connectivity index (χ2n) is 3.36. The van der Waals surface area contributed by atoms with Gasteiger partial charge in [-0.3, -0.25) is 0 Å². The van der Waals surface area contributed by atoms with Gasteiger partial charge in [-0.2, -0.15) is 0 Å². The summed E-state index contributed by atoms with van der Waals surface area (Å²) in [5.74, 6) is -0.410. The molecule has 3 heteroatoms. The van der Waals surface area contributed by atoms with Gasteiger partial charge in [0.05, 0.1) is 5.56 Å². The minimum atomic E-state index is -0.410. The van der Waals surface area contributed by atoms with Gasteiger partial charge in [0, 0.05) is 12.9 Å². The van der Waals surface area contributed by atoms with Crippen molar-refractivity contribution in [2.45, 2.75) is 6.92 Å². The van der Waals surface area contributed by atoms with E-state index in [0.717, 1.165) is 16.3 Å². The molecule has 0 radical (unpaired) electrons. The van der Waals surface area contributed by atoms with Crippen LogP contribution >= 0.6 is 12.9 Å². The molecule has 0 saturated carbocycles. The van der Waals surface area contributed by atoms with Crippen molar-refractivity contribution in [3.8, 4) is 0 Å². The molecule has 0 amide bonds. The van der Waals surface area contributed by atoms with E-state index in [4.69, 9.17) is 0 Å². The van der Waals surface area contributed by atoms with Gasteiger partial charge >= 0.3 is 5.97 Å². The highest BCUT2D eigenvalue weighted by molar-refractivity contribution is 7.75. The van der Waals surface area contributed by atoms with Gasteiger partial charge in [-0.05, 0) is 23.3 Å². The summed E-state index contributed by atoms with van der Waals surface area (Å²) in [7, 11) is 0. The Balaban J connectivity index is 2.79. The van der Waals surface area contributed by atoms with Crippen LogP contribution in [0.25, 0.3) is 10.8 Å². The Kier molecular flexibility index (Phi) is 2.64. The molecule has 15 heavy (non-hydrogen) atoms. The van der Waals surface area contributed by atoms with Crippen molar-refractivity contribution >= 4 is 29.7 Å². The van der Waals surface area contributed by atoms with E-state index in [1.165, 1.54) is 0 Å². The summed E-state index contributed by atoms with van der Waals surface area (Å²) in [6, 6.07) is 11.6. The molecule has 76 valence electrons. The first-order valence-corrected chi connectivity index (χ1v) is 4.94. The first kappa shape index (κ1) is 10.1. The number of rotatable bonds is 1. The van der Waals surface area contributed by atoms with Crippen LogP contribution in [0.15, 0.2) is 36.4 Å². The summed E-state index contributed by atoms with van der Waals surface area (Å²) < 4.78 is 4.48. The minimum Gasteiger partial charge on any atom is -0.391 e. The molecule has 2 aromatic rings. The lowest BCUT2D eigenvalue weighted by atomic mass is 10.00. The van der Waals surface area contributed by atoms with Gasteiger partial charge in [-0.25, -0.2) is 4.79 Å². The van der Waals surface area contributed by atoms with Gasteiger partial charge in [-0.15, -0.1) is 0 Å². The summed E-state index contributed by atoms with van der Waals surface area (Å²) in [4.78, 5) is 11.5. The maximum Gasteiger partial charge on any atom is 0.350 e. The first-order valence-electron chi connectivity index (χ1n) is 4.58. The van der Waals surface area contributed by atoms with Crippen LogP contribution in [0.2, 0.25) is 0 Å². The monoisotopic (exact) mass is 218 g/mol. The Hall–Kier alpha value is -1.48. The lowest BCUT2D eigenvalue weighted by molar-refractivity contribution is 0.0773. The van der Waals surface area contributed by atoms with E-state index in [0.29, 0.717) is 5.56 Å². The third-order valence-electron chi connectivity index (χ3n) is 2.42. The van der Waals surface area contributed by atoms with E-state index in [9.17, 15) is 4.79 Å². The van der Waals surface area contributed by atoms with Crippen LogP contribution in [-0.2, 0) is 4.18 Å². The summed E-state index contributed by atoms with van der Waals surface area (Å²) >= 11 is 3.55. The molecule has 2 nitrogen and oxygen atoms in total. The highest BCUT2D eigenvalue weighted by atomic mass is 32.1. The van der Waals surface area contributed by atoms with Crippen LogP contribution in [0, 0.1) is 6.92 Å². The molecular weight excluding hydrogens is 208 g/mol. The molecule has 0 N–H and O–H groups in total. The molecule has 0 fully saturated rings. The number of thiol groups is 1. The molecule has 0 bridgehead atoms. The highest BCUT2D eigenvalue weighted by Gasteiger charge is 2.13. The zero-order chi connectivity index (χ0) is 10.8. The Labute approximate surface area is 93.5 Å². The number of fused-ring (bicyclic) bond motifs is 1. The lowest BCUT2D eigenvalue weighted by Crippen LogP contribution is -2.02. The average Bonchev–Trinajstić information content (AvgIpc) is 2.28. The van der Waals surface area contributed by atoms with E-state index in [-0.39, 0.29) is 0 Å². The van der Waals surface area contributed by atoms with Gasteiger partial charge < -0.3 is 4.18 Å². The fourth-order valence-electron chi connectivity index (χ4n) is 1.70. The second-order valence-corrected chi connectivity index (χ2v) is 3.54. The SMILES string of the molecule is Cc1ccc2ccccc2c1C(=O)OS. The van der Waals surface area contributed by atoms with Gasteiger partial charge in [0.2, 0.25) is 0 Å². The average molecular weight is 218 g/mol. The lowest BCUT2D eigenvalue weighted by Gasteiger charge is -2.06. The van der Waals surface area contributed by atoms with E-state index in [1.807, 2.05) is 43.3 Å². The van der Waals surface area contributed by atoms with Crippen molar-refractivity contribution in [1.29, 1.82) is 0 Å². The molecule has 0 heterocycles.